The van der Waals surface area contributed by atoms with Crippen LogP contribution in [0.1, 0.15) is 10.4 Å². The van der Waals surface area contributed by atoms with Gasteiger partial charge in [-0.05, 0) is 30.3 Å². The molecule has 0 aliphatic rings. The average Bonchev–Trinajstić information content (AvgIpc) is 2.33. The zero-order valence-corrected chi connectivity index (χ0v) is 12.2. The average molecular weight is 345 g/mol. The minimum Gasteiger partial charge on any atom is -0.321 e. The summed E-state index contributed by atoms with van der Waals surface area (Å²) in [6.45, 7) is 0. The fourth-order valence-corrected chi connectivity index (χ4v) is 2.37. The predicted molar refractivity (Wildman–Crippen MR) is 78.6 cm³/mol. The number of carbonyl (C=O) groups is 1. The van der Waals surface area contributed by atoms with Crippen LogP contribution in [0.25, 0.3) is 0 Å². The number of rotatable bonds is 2. The Bertz CT molecular complexity index is 601. The first-order valence-corrected chi connectivity index (χ1v) is 6.64. The molecule has 0 bridgehead atoms. The van der Waals surface area contributed by atoms with Crippen LogP contribution in [-0.2, 0) is 0 Å². The standard InChI is InChI=1S/C13H8BrCl2NO/c14-8-5-6-12(11(16)7-8)17-13(18)9-3-1-2-4-10(9)15/h1-7H,(H,17,18). The largest absolute Gasteiger partial charge is 0.321 e. The van der Waals surface area contributed by atoms with Crippen molar-refractivity contribution in [2.45, 2.75) is 0 Å². The van der Waals surface area contributed by atoms with Crippen LogP contribution in [0.3, 0.4) is 0 Å². The molecule has 2 nitrogen and oxygen atoms in total. The van der Waals surface area contributed by atoms with E-state index in [-0.39, 0.29) is 5.91 Å². The molecule has 92 valence electrons. The van der Waals surface area contributed by atoms with E-state index >= 15 is 0 Å². The van der Waals surface area contributed by atoms with Crippen LogP contribution >= 0.6 is 39.1 Å². The Balaban J connectivity index is 2.24. The summed E-state index contributed by atoms with van der Waals surface area (Å²) in [6, 6.07) is 12.1. The van der Waals surface area contributed by atoms with Crippen molar-refractivity contribution >= 4 is 50.7 Å². The highest BCUT2D eigenvalue weighted by molar-refractivity contribution is 9.10. The molecule has 0 atom stereocenters. The van der Waals surface area contributed by atoms with Crippen LogP contribution in [-0.4, -0.2) is 5.91 Å². The molecule has 0 saturated carbocycles. The molecule has 2 aromatic carbocycles. The molecule has 0 aliphatic carbocycles. The van der Waals surface area contributed by atoms with E-state index in [0.717, 1.165) is 4.47 Å². The lowest BCUT2D eigenvalue weighted by molar-refractivity contribution is 0.102. The van der Waals surface area contributed by atoms with Gasteiger partial charge in [0.15, 0.2) is 0 Å². The first kappa shape index (κ1) is 13.4. The highest BCUT2D eigenvalue weighted by Gasteiger charge is 2.11. The first-order valence-electron chi connectivity index (χ1n) is 5.09. The van der Waals surface area contributed by atoms with Crippen LogP contribution in [0.4, 0.5) is 5.69 Å². The maximum Gasteiger partial charge on any atom is 0.257 e. The van der Waals surface area contributed by atoms with Crippen molar-refractivity contribution in [2.75, 3.05) is 5.32 Å². The van der Waals surface area contributed by atoms with Crippen LogP contribution in [0.15, 0.2) is 46.9 Å². The number of carbonyl (C=O) groups excluding carboxylic acids is 1. The Hall–Kier alpha value is -1.03. The van der Waals surface area contributed by atoms with Crippen molar-refractivity contribution in [2.24, 2.45) is 0 Å². The fourth-order valence-electron chi connectivity index (χ4n) is 1.43. The lowest BCUT2D eigenvalue weighted by Gasteiger charge is -2.08. The third kappa shape index (κ3) is 3.05. The van der Waals surface area contributed by atoms with Crippen LogP contribution in [0.5, 0.6) is 0 Å². The normalized spacial score (nSPS) is 10.2. The van der Waals surface area contributed by atoms with Gasteiger partial charge in [0.25, 0.3) is 5.91 Å². The van der Waals surface area contributed by atoms with Crippen LogP contribution in [0.2, 0.25) is 10.0 Å². The molecule has 0 saturated heterocycles. The summed E-state index contributed by atoms with van der Waals surface area (Å²) in [6.07, 6.45) is 0. The Morgan fingerprint density at radius 3 is 2.44 bits per heavy atom. The van der Waals surface area contributed by atoms with Gasteiger partial charge in [0, 0.05) is 4.47 Å². The van der Waals surface area contributed by atoms with Gasteiger partial charge in [-0.15, -0.1) is 0 Å². The van der Waals surface area contributed by atoms with Gasteiger partial charge in [0.1, 0.15) is 0 Å². The van der Waals surface area contributed by atoms with Gasteiger partial charge >= 0.3 is 0 Å². The van der Waals surface area contributed by atoms with E-state index in [1.807, 2.05) is 0 Å². The summed E-state index contributed by atoms with van der Waals surface area (Å²) in [5.41, 5.74) is 0.961. The molecule has 0 spiro atoms. The number of hydrogen-bond acceptors (Lipinski definition) is 1. The summed E-state index contributed by atoms with van der Waals surface area (Å²) < 4.78 is 0.850. The van der Waals surface area contributed by atoms with Gasteiger partial charge in [-0.25, -0.2) is 0 Å². The minimum absolute atomic E-state index is 0.287. The number of hydrogen-bond donors (Lipinski definition) is 1. The van der Waals surface area contributed by atoms with E-state index in [4.69, 9.17) is 23.2 Å². The molecule has 1 N–H and O–H groups in total. The van der Waals surface area contributed by atoms with Crippen molar-refractivity contribution < 1.29 is 4.79 Å². The van der Waals surface area contributed by atoms with Crippen molar-refractivity contribution in [3.8, 4) is 0 Å². The molecule has 5 heteroatoms. The third-order valence-corrected chi connectivity index (χ3v) is 3.43. The predicted octanol–water partition coefficient (Wildman–Crippen LogP) is 5.01. The second-order valence-corrected chi connectivity index (χ2v) is 5.29. The first-order chi connectivity index (χ1) is 8.58. The summed E-state index contributed by atoms with van der Waals surface area (Å²) in [5, 5.41) is 3.59. The maximum atomic E-state index is 12.0. The Morgan fingerprint density at radius 1 is 1.06 bits per heavy atom. The van der Waals surface area contributed by atoms with Crippen LogP contribution < -0.4 is 5.32 Å². The summed E-state index contributed by atoms with van der Waals surface area (Å²) in [4.78, 5) is 12.0. The number of halogens is 3. The molecule has 0 unspecified atom stereocenters. The molecule has 2 rings (SSSR count). The van der Waals surface area contributed by atoms with Gasteiger partial charge in [-0.3, -0.25) is 4.79 Å². The molecule has 1 amide bonds. The number of benzene rings is 2. The SMILES string of the molecule is O=C(Nc1ccc(Br)cc1Cl)c1ccccc1Cl. The van der Waals surface area contributed by atoms with E-state index in [1.165, 1.54) is 0 Å². The van der Waals surface area contributed by atoms with E-state index in [0.29, 0.717) is 21.3 Å². The van der Waals surface area contributed by atoms with E-state index in [9.17, 15) is 4.79 Å². The van der Waals surface area contributed by atoms with Gasteiger partial charge in [0.2, 0.25) is 0 Å². The van der Waals surface area contributed by atoms with Gasteiger partial charge in [-0.1, -0.05) is 51.3 Å². The molecule has 18 heavy (non-hydrogen) atoms. The second kappa shape index (κ2) is 5.74. The molecule has 0 aromatic heterocycles. The molecule has 0 fully saturated rings. The molecule has 2 aromatic rings. The molecular weight excluding hydrogens is 337 g/mol. The Kier molecular flexibility index (Phi) is 4.27. The van der Waals surface area contributed by atoms with Crippen molar-refractivity contribution in [1.82, 2.24) is 0 Å². The summed E-state index contributed by atoms with van der Waals surface area (Å²) in [5.74, 6) is -0.287. The van der Waals surface area contributed by atoms with E-state index in [1.54, 1.807) is 42.5 Å². The Morgan fingerprint density at radius 2 is 1.78 bits per heavy atom. The summed E-state index contributed by atoms with van der Waals surface area (Å²) in [7, 11) is 0. The highest BCUT2D eigenvalue weighted by atomic mass is 79.9. The maximum absolute atomic E-state index is 12.0. The topological polar surface area (TPSA) is 29.1 Å². The van der Waals surface area contributed by atoms with Crippen LogP contribution in [0, 0.1) is 0 Å². The second-order valence-electron chi connectivity index (χ2n) is 3.56. The number of anilines is 1. The van der Waals surface area contributed by atoms with Crippen molar-refractivity contribution in [3.63, 3.8) is 0 Å². The quantitative estimate of drug-likeness (QED) is 0.815. The zero-order valence-electron chi connectivity index (χ0n) is 9.08. The summed E-state index contributed by atoms with van der Waals surface area (Å²) >= 11 is 15.3. The minimum atomic E-state index is -0.287. The monoisotopic (exact) mass is 343 g/mol. The van der Waals surface area contributed by atoms with Crippen molar-refractivity contribution in [1.29, 1.82) is 0 Å². The molecule has 0 aliphatic heterocycles. The fraction of sp³-hybridized carbons (Fsp3) is 0. The third-order valence-electron chi connectivity index (χ3n) is 2.30. The molecule has 0 radical (unpaired) electrons. The zero-order chi connectivity index (χ0) is 13.1. The van der Waals surface area contributed by atoms with Gasteiger partial charge in [0.05, 0.1) is 21.3 Å². The lowest BCUT2D eigenvalue weighted by Crippen LogP contribution is -2.12. The van der Waals surface area contributed by atoms with Gasteiger partial charge < -0.3 is 5.32 Å². The molecular formula is C13H8BrCl2NO. The number of amides is 1. The van der Waals surface area contributed by atoms with E-state index < -0.39 is 0 Å². The Labute approximate surface area is 123 Å². The smallest absolute Gasteiger partial charge is 0.257 e. The van der Waals surface area contributed by atoms with E-state index in [2.05, 4.69) is 21.2 Å². The lowest BCUT2D eigenvalue weighted by atomic mass is 10.2. The number of nitrogens with one attached hydrogen (secondary N) is 1. The van der Waals surface area contributed by atoms with Gasteiger partial charge in [-0.2, -0.15) is 0 Å². The highest BCUT2D eigenvalue weighted by Crippen LogP contribution is 2.26. The van der Waals surface area contributed by atoms with Crippen molar-refractivity contribution in [3.05, 3.63) is 62.5 Å². The molecule has 0 heterocycles.